The maximum atomic E-state index is 14.1. The lowest BCUT2D eigenvalue weighted by Gasteiger charge is -2.58. The Morgan fingerprint density at radius 2 is 1.84 bits per heavy atom. The van der Waals surface area contributed by atoms with Gasteiger partial charge in [-0.1, -0.05) is 17.7 Å². The molecule has 4 aliphatic carbocycles. The van der Waals surface area contributed by atoms with Crippen LogP contribution in [0.25, 0.3) is 0 Å². The van der Waals surface area contributed by atoms with Gasteiger partial charge in [-0.2, -0.15) is 0 Å². The third-order valence-corrected chi connectivity index (χ3v) is 10.0. The van der Waals surface area contributed by atoms with Crippen molar-refractivity contribution in [3.63, 3.8) is 0 Å². The molecule has 1 saturated heterocycles. The fraction of sp³-hybridized carbons (Fsp3) is 0.696. The van der Waals surface area contributed by atoms with Gasteiger partial charge in [0.25, 0.3) is 0 Å². The Labute approximate surface area is 189 Å². The maximum Gasteiger partial charge on any atom is 0.240 e. The van der Waals surface area contributed by atoms with E-state index in [0.29, 0.717) is 48.0 Å². The molecule has 1 aromatic rings. The van der Waals surface area contributed by atoms with E-state index >= 15 is 0 Å². The van der Waals surface area contributed by atoms with Crippen LogP contribution in [0.4, 0.5) is 0 Å². The lowest BCUT2D eigenvalue weighted by atomic mass is 9.47. The fourth-order valence-corrected chi connectivity index (χ4v) is 8.62. The molecule has 0 radical (unpaired) electrons. The standard InChI is InChI=1S/C23H31ClN2O4S/c1-15-19(24)3-2-4-20(15)31(28,29)26-14-23(13-25-5-6-30-23)21(27)22-10-16-7-17(11-22)9-18(8-16)12-22/h2-4,16-18,25-26H,5-14H2,1H3. The van der Waals surface area contributed by atoms with Crippen molar-refractivity contribution >= 4 is 27.4 Å². The van der Waals surface area contributed by atoms with Crippen LogP contribution in [0.3, 0.4) is 0 Å². The molecule has 0 aromatic heterocycles. The highest BCUT2D eigenvalue weighted by atomic mass is 35.5. The molecule has 0 spiro atoms. The quantitative estimate of drug-likeness (QED) is 0.673. The predicted octanol–water partition coefficient (Wildman–Crippen LogP) is 3.07. The first-order valence-electron chi connectivity index (χ1n) is 11.4. The van der Waals surface area contributed by atoms with Crippen molar-refractivity contribution in [2.75, 3.05) is 26.2 Å². The monoisotopic (exact) mass is 466 g/mol. The zero-order chi connectivity index (χ0) is 21.9. The van der Waals surface area contributed by atoms with Gasteiger partial charge >= 0.3 is 0 Å². The number of morpholine rings is 1. The molecule has 0 amide bonds. The first kappa shape index (κ1) is 21.8. The molecule has 6 rings (SSSR count). The summed E-state index contributed by atoms with van der Waals surface area (Å²) in [5.41, 5.74) is -1.02. The van der Waals surface area contributed by atoms with Crippen LogP contribution in [-0.4, -0.2) is 46.0 Å². The number of ether oxygens (including phenoxy) is 1. The SMILES string of the molecule is Cc1c(Cl)cccc1S(=O)(=O)NCC1(C(=O)C23CC4CC(CC(C4)C2)C3)CNCCO1. The molecule has 1 aliphatic heterocycles. The van der Waals surface area contributed by atoms with E-state index in [9.17, 15) is 13.2 Å². The molecular weight excluding hydrogens is 436 g/mol. The van der Waals surface area contributed by atoms with Gasteiger partial charge in [-0.3, -0.25) is 4.79 Å². The van der Waals surface area contributed by atoms with E-state index in [1.807, 2.05) is 0 Å². The number of nitrogens with one attached hydrogen (secondary N) is 2. The highest BCUT2D eigenvalue weighted by Gasteiger charge is 2.59. The lowest BCUT2D eigenvalue weighted by Crippen LogP contribution is -2.66. The molecule has 2 N–H and O–H groups in total. The van der Waals surface area contributed by atoms with Crippen molar-refractivity contribution in [1.29, 1.82) is 0 Å². The summed E-state index contributed by atoms with van der Waals surface area (Å²) in [4.78, 5) is 14.3. The summed E-state index contributed by atoms with van der Waals surface area (Å²) in [5.74, 6) is 2.01. The van der Waals surface area contributed by atoms with E-state index in [1.165, 1.54) is 25.3 Å². The first-order chi connectivity index (χ1) is 14.7. The number of ketones is 1. The van der Waals surface area contributed by atoms with Gasteiger partial charge in [0.2, 0.25) is 10.0 Å². The molecular formula is C23H31ClN2O4S. The lowest BCUT2D eigenvalue weighted by molar-refractivity contribution is -0.171. The van der Waals surface area contributed by atoms with Crippen LogP contribution in [0.5, 0.6) is 0 Å². The number of hydrogen-bond acceptors (Lipinski definition) is 5. The van der Waals surface area contributed by atoms with E-state index in [-0.39, 0.29) is 22.6 Å². The Morgan fingerprint density at radius 1 is 1.19 bits per heavy atom. The van der Waals surface area contributed by atoms with Gasteiger partial charge in [-0.25, -0.2) is 13.1 Å². The van der Waals surface area contributed by atoms with Crippen LogP contribution in [0.1, 0.15) is 44.1 Å². The van der Waals surface area contributed by atoms with E-state index in [1.54, 1.807) is 19.1 Å². The fourth-order valence-electron chi connectivity index (χ4n) is 7.04. The Balaban J connectivity index is 1.42. The Morgan fingerprint density at radius 3 is 2.42 bits per heavy atom. The van der Waals surface area contributed by atoms with Gasteiger partial charge in [0.1, 0.15) is 0 Å². The van der Waals surface area contributed by atoms with Crippen molar-refractivity contribution < 1.29 is 17.9 Å². The summed E-state index contributed by atoms with van der Waals surface area (Å²) >= 11 is 6.14. The molecule has 31 heavy (non-hydrogen) atoms. The molecule has 8 heteroatoms. The van der Waals surface area contributed by atoms with Gasteiger partial charge in [0.15, 0.2) is 11.4 Å². The minimum absolute atomic E-state index is 0.0606. The highest BCUT2D eigenvalue weighted by Crippen LogP contribution is 2.61. The summed E-state index contributed by atoms with van der Waals surface area (Å²) in [6.07, 6.45) is 6.55. The van der Waals surface area contributed by atoms with E-state index in [0.717, 1.165) is 19.3 Å². The predicted molar refractivity (Wildman–Crippen MR) is 119 cm³/mol. The molecule has 5 aliphatic rings. The summed E-state index contributed by atoms with van der Waals surface area (Å²) < 4.78 is 35.0. The molecule has 1 atom stereocenters. The Hall–Kier alpha value is -0.990. The van der Waals surface area contributed by atoms with E-state index < -0.39 is 15.6 Å². The molecule has 6 nitrogen and oxygen atoms in total. The summed E-state index contributed by atoms with van der Waals surface area (Å²) in [6, 6.07) is 4.83. The van der Waals surface area contributed by atoms with Crippen LogP contribution < -0.4 is 10.0 Å². The number of rotatable bonds is 6. The number of Topliss-reactive ketones (excluding diaryl/α,β-unsaturated/α-hetero) is 1. The minimum Gasteiger partial charge on any atom is -0.363 e. The summed E-state index contributed by atoms with van der Waals surface area (Å²) in [5, 5.41) is 3.68. The van der Waals surface area contributed by atoms with Gasteiger partial charge in [-0.15, -0.1) is 0 Å². The molecule has 1 heterocycles. The minimum atomic E-state index is -3.83. The molecule has 1 unspecified atom stereocenters. The Kier molecular flexibility index (Phi) is 5.50. The van der Waals surface area contributed by atoms with E-state index in [4.69, 9.17) is 16.3 Å². The molecule has 4 saturated carbocycles. The summed E-state index contributed by atoms with van der Waals surface area (Å²) in [7, 11) is -3.83. The normalized spacial score (nSPS) is 37.2. The maximum absolute atomic E-state index is 14.1. The van der Waals surface area contributed by atoms with Crippen LogP contribution in [0, 0.1) is 30.1 Å². The van der Waals surface area contributed by atoms with Crippen LogP contribution in [-0.2, 0) is 19.6 Å². The smallest absolute Gasteiger partial charge is 0.240 e. The summed E-state index contributed by atoms with van der Waals surface area (Å²) in [6.45, 7) is 3.03. The first-order valence-corrected chi connectivity index (χ1v) is 13.2. The van der Waals surface area contributed by atoms with Crippen molar-refractivity contribution in [3.8, 4) is 0 Å². The zero-order valence-electron chi connectivity index (χ0n) is 18.0. The number of carbonyl (C=O) groups is 1. The number of sulfonamides is 1. The van der Waals surface area contributed by atoms with Gasteiger partial charge in [0, 0.05) is 30.1 Å². The van der Waals surface area contributed by atoms with Crippen LogP contribution >= 0.6 is 11.6 Å². The third kappa shape index (κ3) is 3.76. The number of halogens is 1. The average Bonchev–Trinajstić information content (AvgIpc) is 2.73. The number of carbonyl (C=O) groups excluding carboxylic acids is 1. The average molecular weight is 467 g/mol. The van der Waals surface area contributed by atoms with Crippen LogP contribution in [0.15, 0.2) is 23.1 Å². The van der Waals surface area contributed by atoms with Gasteiger partial charge in [-0.05, 0) is 80.9 Å². The molecule has 4 bridgehead atoms. The molecule has 1 aromatic carbocycles. The topological polar surface area (TPSA) is 84.5 Å². The second-order valence-electron chi connectivity index (χ2n) is 10.2. The van der Waals surface area contributed by atoms with Gasteiger partial charge in [0.05, 0.1) is 11.5 Å². The zero-order valence-corrected chi connectivity index (χ0v) is 19.5. The molecule has 5 fully saturated rings. The largest absolute Gasteiger partial charge is 0.363 e. The van der Waals surface area contributed by atoms with Crippen molar-refractivity contribution in [3.05, 3.63) is 28.8 Å². The van der Waals surface area contributed by atoms with Crippen molar-refractivity contribution in [1.82, 2.24) is 10.0 Å². The van der Waals surface area contributed by atoms with E-state index in [2.05, 4.69) is 10.0 Å². The highest BCUT2D eigenvalue weighted by molar-refractivity contribution is 7.89. The van der Waals surface area contributed by atoms with Gasteiger partial charge < -0.3 is 10.1 Å². The number of benzene rings is 1. The van der Waals surface area contributed by atoms with Crippen LogP contribution in [0.2, 0.25) is 5.02 Å². The number of hydrogen-bond donors (Lipinski definition) is 2. The van der Waals surface area contributed by atoms with Crippen molar-refractivity contribution in [2.24, 2.45) is 23.2 Å². The van der Waals surface area contributed by atoms with Crippen molar-refractivity contribution in [2.45, 2.75) is 55.9 Å². The third-order valence-electron chi connectivity index (χ3n) is 8.06. The second kappa shape index (κ2) is 7.80. The second-order valence-corrected chi connectivity index (χ2v) is 12.4. The Bertz CT molecular complexity index is 952. The molecule has 170 valence electrons.